The minimum Gasteiger partial charge on any atom is -0.486 e. The van der Waals surface area contributed by atoms with E-state index in [1.54, 1.807) is 0 Å². The Hall–Kier alpha value is -1.47. The quantitative estimate of drug-likeness (QED) is 0.758. The third-order valence-electron chi connectivity index (χ3n) is 2.40. The molecule has 2 rings (SSSR count). The second kappa shape index (κ2) is 5.04. The van der Waals surface area contributed by atoms with Gasteiger partial charge in [-0.15, -0.1) is 0 Å². The third-order valence-corrected chi connectivity index (χ3v) is 2.65. The summed E-state index contributed by atoms with van der Waals surface area (Å²) in [5.41, 5.74) is 1.16. The van der Waals surface area contributed by atoms with Gasteiger partial charge in [0, 0.05) is 5.02 Å². The zero-order valence-electron chi connectivity index (χ0n) is 9.06. The fourth-order valence-electron chi connectivity index (χ4n) is 1.51. The Morgan fingerprint density at radius 3 is 2.19 bits per heavy atom. The van der Waals surface area contributed by atoms with Gasteiger partial charge < -0.3 is 4.74 Å². The maximum Gasteiger partial charge on any atom is 0.121 e. The molecular weight excluding hydrogens is 220 g/mol. The lowest BCUT2D eigenvalue weighted by molar-refractivity contribution is 0.227. The summed E-state index contributed by atoms with van der Waals surface area (Å²) < 4.78 is 5.80. The van der Waals surface area contributed by atoms with Crippen molar-refractivity contribution in [3.8, 4) is 5.75 Å². The van der Waals surface area contributed by atoms with Crippen LogP contribution in [0.5, 0.6) is 5.75 Å². The normalized spacial score (nSPS) is 12.1. The molecule has 0 saturated carbocycles. The van der Waals surface area contributed by atoms with Gasteiger partial charge in [0.05, 0.1) is 0 Å². The molecule has 0 aliphatic carbocycles. The van der Waals surface area contributed by atoms with Gasteiger partial charge in [0.1, 0.15) is 11.9 Å². The zero-order valence-corrected chi connectivity index (χ0v) is 9.82. The lowest BCUT2D eigenvalue weighted by atomic mass is 10.1. The van der Waals surface area contributed by atoms with Crippen LogP contribution in [0.3, 0.4) is 0 Å². The molecule has 2 aromatic rings. The average molecular weight is 233 g/mol. The van der Waals surface area contributed by atoms with Crippen LogP contribution in [0.15, 0.2) is 54.6 Å². The lowest BCUT2D eigenvalue weighted by Gasteiger charge is -2.14. The molecule has 0 radical (unpaired) electrons. The first-order valence-electron chi connectivity index (χ1n) is 5.23. The van der Waals surface area contributed by atoms with Crippen molar-refractivity contribution in [2.75, 3.05) is 0 Å². The van der Waals surface area contributed by atoms with Gasteiger partial charge >= 0.3 is 0 Å². The number of benzene rings is 2. The summed E-state index contributed by atoms with van der Waals surface area (Å²) in [6.45, 7) is 2.03. The Labute approximate surface area is 101 Å². The first kappa shape index (κ1) is 11.0. The van der Waals surface area contributed by atoms with Crippen molar-refractivity contribution in [3.63, 3.8) is 0 Å². The fraction of sp³-hybridized carbons (Fsp3) is 0.143. The van der Waals surface area contributed by atoms with Gasteiger partial charge in [0.25, 0.3) is 0 Å². The monoisotopic (exact) mass is 232 g/mol. The number of ether oxygens (including phenoxy) is 1. The van der Waals surface area contributed by atoms with Crippen molar-refractivity contribution in [3.05, 3.63) is 65.2 Å². The highest BCUT2D eigenvalue weighted by atomic mass is 35.5. The Morgan fingerprint density at radius 2 is 1.56 bits per heavy atom. The van der Waals surface area contributed by atoms with Crippen molar-refractivity contribution in [1.82, 2.24) is 0 Å². The number of rotatable bonds is 3. The van der Waals surface area contributed by atoms with Crippen LogP contribution in [-0.4, -0.2) is 0 Å². The predicted octanol–water partition coefficient (Wildman–Crippen LogP) is 4.48. The topological polar surface area (TPSA) is 9.23 Å². The molecule has 0 aliphatic heterocycles. The molecule has 0 N–H and O–H groups in total. The molecule has 0 fully saturated rings. The lowest BCUT2D eigenvalue weighted by Crippen LogP contribution is -2.02. The highest BCUT2D eigenvalue weighted by Gasteiger charge is 2.05. The minimum atomic E-state index is 0.0439. The van der Waals surface area contributed by atoms with Gasteiger partial charge in [-0.1, -0.05) is 41.9 Å². The molecule has 2 aromatic carbocycles. The molecular formula is C14H13ClO. The van der Waals surface area contributed by atoms with Crippen LogP contribution in [0.2, 0.25) is 5.02 Å². The summed E-state index contributed by atoms with van der Waals surface area (Å²) in [5.74, 6) is 0.834. The highest BCUT2D eigenvalue weighted by molar-refractivity contribution is 6.30. The van der Waals surface area contributed by atoms with Gasteiger partial charge in [-0.2, -0.15) is 0 Å². The Kier molecular flexibility index (Phi) is 3.47. The molecule has 0 unspecified atom stereocenters. The molecule has 0 heterocycles. The standard InChI is InChI=1S/C14H13ClO/c1-11(12-5-3-2-4-6-12)16-14-9-7-13(15)8-10-14/h2-11H,1H3/t11-/m0/s1. The maximum atomic E-state index is 5.81. The molecule has 0 saturated heterocycles. The molecule has 1 atom stereocenters. The van der Waals surface area contributed by atoms with Crippen LogP contribution in [0.25, 0.3) is 0 Å². The summed E-state index contributed by atoms with van der Waals surface area (Å²) in [5, 5.41) is 0.722. The van der Waals surface area contributed by atoms with E-state index in [1.165, 1.54) is 0 Å². The Balaban J connectivity index is 2.08. The maximum absolute atomic E-state index is 5.81. The fourth-order valence-corrected chi connectivity index (χ4v) is 1.64. The van der Waals surface area contributed by atoms with E-state index in [-0.39, 0.29) is 6.10 Å². The van der Waals surface area contributed by atoms with Crippen molar-refractivity contribution in [2.24, 2.45) is 0 Å². The summed E-state index contributed by atoms with van der Waals surface area (Å²) in [6, 6.07) is 17.5. The van der Waals surface area contributed by atoms with Crippen LogP contribution in [0.1, 0.15) is 18.6 Å². The molecule has 0 bridgehead atoms. The summed E-state index contributed by atoms with van der Waals surface area (Å²) in [4.78, 5) is 0. The largest absolute Gasteiger partial charge is 0.486 e. The van der Waals surface area contributed by atoms with Gasteiger partial charge in [-0.25, -0.2) is 0 Å². The van der Waals surface area contributed by atoms with Gasteiger partial charge in [0.15, 0.2) is 0 Å². The van der Waals surface area contributed by atoms with Gasteiger partial charge in [-0.3, -0.25) is 0 Å². The van der Waals surface area contributed by atoms with Gasteiger partial charge in [0.2, 0.25) is 0 Å². The molecule has 1 nitrogen and oxygen atoms in total. The van der Waals surface area contributed by atoms with Crippen LogP contribution in [0.4, 0.5) is 0 Å². The van der Waals surface area contributed by atoms with Crippen LogP contribution >= 0.6 is 11.6 Å². The van der Waals surface area contributed by atoms with Crippen molar-refractivity contribution in [1.29, 1.82) is 0 Å². The van der Waals surface area contributed by atoms with E-state index in [0.717, 1.165) is 16.3 Å². The van der Waals surface area contributed by atoms with E-state index in [1.807, 2.05) is 49.4 Å². The molecule has 2 heteroatoms. The zero-order chi connectivity index (χ0) is 11.4. The SMILES string of the molecule is C[C@H](Oc1ccc(Cl)cc1)c1ccccc1. The van der Waals surface area contributed by atoms with Crippen molar-refractivity contribution < 1.29 is 4.74 Å². The molecule has 16 heavy (non-hydrogen) atoms. The molecule has 82 valence electrons. The summed E-state index contributed by atoms with van der Waals surface area (Å²) in [6.07, 6.45) is 0.0439. The van der Waals surface area contributed by atoms with E-state index in [9.17, 15) is 0 Å². The smallest absolute Gasteiger partial charge is 0.121 e. The van der Waals surface area contributed by atoms with Crippen LogP contribution < -0.4 is 4.74 Å². The average Bonchev–Trinajstić information content (AvgIpc) is 2.33. The summed E-state index contributed by atoms with van der Waals surface area (Å²) in [7, 11) is 0. The Bertz CT molecular complexity index is 436. The highest BCUT2D eigenvalue weighted by Crippen LogP contribution is 2.22. The number of halogens is 1. The number of hydrogen-bond donors (Lipinski definition) is 0. The molecule has 0 spiro atoms. The molecule has 0 amide bonds. The first-order chi connectivity index (χ1) is 7.75. The van der Waals surface area contributed by atoms with E-state index >= 15 is 0 Å². The molecule has 0 aliphatic rings. The van der Waals surface area contributed by atoms with Crippen molar-refractivity contribution >= 4 is 11.6 Å². The predicted molar refractivity (Wildman–Crippen MR) is 66.9 cm³/mol. The first-order valence-corrected chi connectivity index (χ1v) is 5.60. The number of hydrogen-bond acceptors (Lipinski definition) is 1. The molecule has 0 aromatic heterocycles. The van der Waals surface area contributed by atoms with E-state index in [0.29, 0.717) is 0 Å². The van der Waals surface area contributed by atoms with E-state index in [4.69, 9.17) is 16.3 Å². The van der Waals surface area contributed by atoms with Crippen LogP contribution in [-0.2, 0) is 0 Å². The summed E-state index contributed by atoms with van der Waals surface area (Å²) >= 11 is 5.81. The van der Waals surface area contributed by atoms with Crippen LogP contribution in [0, 0.1) is 0 Å². The van der Waals surface area contributed by atoms with E-state index < -0.39 is 0 Å². The van der Waals surface area contributed by atoms with Crippen molar-refractivity contribution in [2.45, 2.75) is 13.0 Å². The minimum absolute atomic E-state index is 0.0439. The third kappa shape index (κ3) is 2.77. The second-order valence-corrected chi connectivity index (χ2v) is 4.06. The van der Waals surface area contributed by atoms with Gasteiger partial charge in [-0.05, 0) is 36.8 Å². The van der Waals surface area contributed by atoms with E-state index in [2.05, 4.69) is 12.1 Å². The Morgan fingerprint density at radius 1 is 0.938 bits per heavy atom. The second-order valence-electron chi connectivity index (χ2n) is 3.62.